The van der Waals surface area contributed by atoms with Gasteiger partial charge in [0.15, 0.2) is 6.61 Å². The van der Waals surface area contributed by atoms with Crippen molar-refractivity contribution in [3.63, 3.8) is 0 Å². The minimum absolute atomic E-state index is 0.0104. The Bertz CT molecular complexity index is 730. The van der Waals surface area contributed by atoms with Gasteiger partial charge in [0.2, 0.25) is 0 Å². The van der Waals surface area contributed by atoms with Crippen LogP contribution in [0.2, 0.25) is 0 Å². The highest BCUT2D eigenvalue weighted by molar-refractivity contribution is 7.12. The molecule has 2 N–H and O–H groups in total. The standard InChI is InChI=1S/C17H18N2O5S/c1-23-13-5-2-4-12(10-13)19-15(20)11-24-16(21)7-8-18-17(22)14-6-3-9-25-14/h2-6,9-10H,7-8,11H2,1H3,(H,18,22)(H,19,20). The van der Waals surface area contributed by atoms with Crippen molar-refractivity contribution in [3.8, 4) is 5.75 Å². The summed E-state index contributed by atoms with van der Waals surface area (Å²) >= 11 is 1.32. The van der Waals surface area contributed by atoms with Gasteiger partial charge in [-0.1, -0.05) is 12.1 Å². The van der Waals surface area contributed by atoms with E-state index in [1.165, 1.54) is 18.4 Å². The Morgan fingerprint density at radius 2 is 2.00 bits per heavy atom. The molecule has 1 aromatic heterocycles. The molecule has 0 atom stereocenters. The quantitative estimate of drug-likeness (QED) is 0.701. The fraction of sp³-hybridized carbons (Fsp3) is 0.235. The molecular weight excluding hydrogens is 344 g/mol. The van der Waals surface area contributed by atoms with Crippen LogP contribution >= 0.6 is 11.3 Å². The summed E-state index contributed by atoms with van der Waals surface area (Å²) in [6.45, 7) is -0.248. The molecule has 132 valence electrons. The van der Waals surface area contributed by atoms with E-state index in [-0.39, 0.29) is 18.9 Å². The van der Waals surface area contributed by atoms with Crippen molar-refractivity contribution < 1.29 is 23.9 Å². The molecule has 0 aliphatic heterocycles. The van der Waals surface area contributed by atoms with E-state index < -0.39 is 18.5 Å². The fourth-order valence-electron chi connectivity index (χ4n) is 1.89. The number of carbonyl (C=O) groups excluding carboxylic acids is 3. The van der Waals surface area contributed by atoms with Crippen LogP contribution in [-0.2, 0) is 14.3 Å². The molecule has 1 heterocycles. The number of carbonyl (C=O) groups is 3. The number of amides is 2. The predicted octanol–water partition coefficient (Wildman–Crippen LogP) is 2.06. The molecule has 25 heavy (non-hydrogen) atoms. The second kappa shape index (κ2) is 9.43. The van der Waals surface area contributed by atoms with Gasteiger partial charge < -0.3 is 20.1 Å². The zero-order valence-corrected chi connectivity index (χ0v) is 14.4. The summed E-state index contributed by atoms with van der Waals surface area (Å²) in [5.74, 6) is -0.647. The number of benzene rings is 1. The summed E-state index contributed by atoms with van der Waals surface area (Å²) in [4.78, 5) is 35.6. The highest BCUT2D eigenvalue weighted by atomic mass is 32.1. The topological polar surface area (TPSA) is 93.7 Å². The van der Waals surface area contributed by atoms with Crippen LogP contribution in [0.4, 0.5) is 5.69 Å². The minimum Gasteiger partial charge on any atom is -0.497 e. The molecule has 0 aliphatic rings. The predicted molar refractivity (Wildman–Crippen MR) is 93.9 cm³/mol. The molecule has 0 unspecified atom stereocenters. The Balaban J connectivity index is 1.65. The lowest BCUT2D eigenvalue weighted by molar-refractivity contribution is -0.147. The third kappa shape index (κ3) is 6.27. The SMILES string of the molecule is COc1cccc(NC(=O)COC(=O)CCNC(=O)c2cccs2)c1. The molecule has 0 saturated carbocycles. The first kappa shape index (κ1) is 18.5. The van der Waals surface area contributed by atoms with Crippen LogP contribution in [0, 0.1) is 0 Å². The fourth-order valence-corrected chi connectivity index (χ4v) is 2.53. The Morgan fingerprint density at radius 3 is 2.72 bits per heavy atom. The van der Waals surface area contributed by atoms with E-state index in [4.69, 9.17) is 9.47 Å². The van der Waals surface area contributed by atoms with Gasteiger partial charge in [-0.15, -0.1) is 11.3 Å². The van der Waals surface area contributed by atoms with Gasteiger partial charge in [-0.05, 0) is 23.6 Å². The Hall–Kier alpha value is -2.87. The third-order valence-electron chi connectivity index (χ3n) is 3.08. The van der Waals surface area contributed by atoms with Gasteiger partial charge in [-0.25, -0.2) is 0 Å². The number of ether oxygens (including phenoxy) is 2. The van der Waals surface area contributed by atoms with Crippen LogP contribution in [-0.4, -0.2) is 38.0 Å². The number of hydrogen-bond acceptors (Lipinski definition) is 6. The third-order valence-corrected chi connectivity index (χ3v) is 3.95. The first-order valence-corrected chi connectivity index (χ1v) is 8.37. The van der Waals surface area contributed by atoms with Crippen molar-refractivity contribution in [1.82, 2.24) is 5.32 Å². The zero-order valence-electron chi connectivity index (χ0n) is 13.6. The monoisotopic (exact) mass is 362 g/mol. The molecule has 0 radical (unpaired) electrons. The van der Waals surface area contributed by atoms with E-state index in [0.29, 0.717) is 16.3 Å². The summed E-state index contributed by atoms with van der Waals surface area (Å²) in [6, 6.07) is 10.3. The van der Waals surface area contributed by atoms with Gasteiger partial charge >= 0.3 is 5.97 Å². The van der Waals surface area contributed by atoms with Gasteiger partial charge in [0.05, 0.1) is 18.4 Å². The van der Waals surface area contributed by atoms with Crippen LogP contribution in [0.5, 0.6) is 5.75 Å². The lowest BCUT2D eigenvalue weighted by Crippen LogP contribution is -2.27. The lowest BCUT2D eigenvalue weighted by atomic mass is 10.3. The van der Waals surface area contributed by atoms with Crippen LogP contribution in [0.15, 0.2) is 41.8 Å². The second-order valence-electron chi connectivity index (χ2n) is 4.92. The van der Waals surface area contributed by atoms with E-state index in [1.807, 2.05) is 0 Å². The first-order valence-electron chi connectivity index (χ1n) is 7.49. The van der Waals surface area contributed by atoms with Crippen molar-refractivity contribution in [1.29, 1.82) is 0 Å². The molecule has 2 amide bonds. The molecule has 8 heteroatoms. The Labute approximate surface area is 148 Å². The van der Waals surface area contributed by atoms with Crippen LogP contribution in [0.3, 0.4) is 0 Å². The number of esters is 1. The normalized spacial score (nSPS) is 9.96. The Morgan fingerprint density at radius 1 is 1.16 bits per heavy atom. The Kier molecular flexibility index (Phi) is 6.97. The second-order valence-corrected chi connectivity index (χ2v) is 5.87. The first-order chi connectivity index (χ1) is 12.1. The molecule has 0 bridgehead atoms. The molecule has 0 saturated heterocycles. The van der Waals surface area contributed by atoms with Gasteiger partial charge in [-0.3, -0.25) is 14.4 Å². The minimum atomic E-state index is -0.563. The zero-order chi connectivity index (χ0) is 18.1. The van der Waals surface area contributed by atoms with E-state index >= 15 is 0 Å². The highest BCUT2D eigenvalue weighted by Crippen LogP contribution is 2.16. The molecular formula is C17H18N2O5S. The molecule has 1 aromatic carbocycles. The van der Waals surface area contributed by atoms with Crippen LogP contribution in [0.25, 0.3) is 0 Å². The van der Waals surface area contributed by atoms with E-state index in [0.717, 1.165) is 0 Å². The summed E-state index contributed by atoms with van der Waals surface area (Å²) in [7, 11) is 1.53. The highest BCUT2D eigenvalue weighted by Gasteiger charge is 2.10. The number of nitrogens with one attached hydrogen (secondary N) is 2. The van der Waals surface area contributed by atoms with Crippen molar-refractivity contribution in [2.24, 2.45) is 0 Å². The largest absolute Gasteiger partial charge is 0.497 e. The molecule has 2 rings (SSSR count). The maximum Gasteiger partial charge on any atom is 0.308 e. The summed E-state index contributed by atoms with van der Waals surface area (Å²) in [6.07, 6.45) is -0.0104. The molecule has 0 aliphatic carbocycles. The summed E-state index contributed by atoms with van der Waals surface area (Å²) < 4.78 is 9.93. The average Bonchev–Trinajstić information content (AvgIpc) is 3.15. The number of rotatable bonds is 8. The average molecular weight is 362 g/mol. The molecule has 2 aromatic rings. The maximum absolute atomic E-state index is 11.8. The van der Waals surface area contributed by atoms with E-state index in [1.54, 1.807) is 41.8 Å². The number of thiophene rings is 1. The molecule has 7 nitrogen and oxygen atoms in total. The van der Waals surface area contributed by atoms with Crippen molar-refractivity contribution in [2.75, 3.05) is 25.6 Å². The van der Waals surface area contributed by atoms with Gasteiger partial charge in [0.25, 0.3) is 11.8 Å². The molecule has 0 fully saturated rings. The van der Waals surface area contributed by atoms with Gasteiger partial charge in [0, 0.05) is 18.3 Å². The van der Waals surface area contributed by atoms with E-state index in [9.17, 15) is 14.4 Å². The van der Waals surface area contributed by atoms with Crippen molar-refractivity contribution in [2.45, 2.75) is 6.42 Å². The van der Waals surface area contributed by atoms with Gasteiger partial charge in [0.1, 0.15) is 5.75 Å². The van der Waals surface area contributed by atoms with Crippen LogP contribution < -0.4 is 15.4 Å². The van der Waals surface area contributed by atoms with E-state index in [2.05, 4.69) is 10.6 Å². The van der Waals surface area contributed by atoms with Crippen LogP contribution in [0.1, 0.15) is 16.1 Å². The number of hydrogen-bond donors (Lipinski definition) is 2. The molecule has 0 spiro atoms. The van der Waals surface area contributed by atoms with Crippen molar-refractivity contribution in [3.05, 3.63) is 46.7 Å². The maximum atomic E-state index is 11.8. The summed E-state index contributed by atoms with van der Waals surface area (Å²) in [5, 5.41) is 7.01. The smallest absolute Gasteiger partial charge is 0.308 e. The number of anilines is 1. The lowest BCUT2D eigenvalue weighted by Gasteiger charge is -2.08. The summed E-state index contributed by atoms with van der Waals surface area (Å²) in [5.41, 5.74) is 0.545. The van der Waals surface area contributed by atoms with Gasteiger partial charge in [-0.2, -0.15) is 0 Å². The van der Waals surface area contributed by atoms with Crippen molar-refractivity contribution >= 4 is 34.8 Å². The number of methoxy groups -OCH3 is 1.